The molecular weight excluding hydrogens is 493 g/mol. The van der Waals surface area contributed by atoms with Crippen LogP contribution in [0.25, 0.3) is 5.03 Å². The summed E-state index contributed by atoms with van der Waals surface area (Å²) in [5, 5.41) is 0.699. The molecule has 1 aromatic rings. The van der Waals surface area contributed by atoms with Crippen LogP contribution in [0.5, 0.6) is 0 Å². The van der Waals surface area contributed by atoms with E-state index in [2.05, 4.69) is 16.6 Å². The average molecular weight is 518 g/mol. The van der Waals surface area contributed by atoms with Gasteiger partial charge in [0.1, 0.15) is 5.17 Å². The van der Waals surface area contributed by atoms with Gasteiger partial charge in [-0.2, -0.15) is 0 Å². The highest BCUT2D eigenvalue weighted by atomic mass is 35.5. The van der Waals surface area contributed by atoms with Crippen molar-refractivity contribution in [3.63, 3.8) is 0 Å². The van der Waals surface area contributed by atoms with Crippen LogP contribution in [0.1, 0.15) is 34.3 Å². The second-order valence-corrected chi connectivity index (χ2v) is 10.7. The Bertz CT molecular complexity index is 1330. The Morgan fingerprint density at radius 1 is 1.29 bits per heavy atom. The number of Topliss-reactive ketones (excluding diaryl/α,β-unsaturated/α-hetero) is 1. The van der Waals surface area contributed by atoms with E-state index in [4.69, 9.17) is 23.2 Å². The molecule has 0 unspecified atom stereocenters. The summed E-state index contributed by atoms with van der Waals surface area (Å²) in [5.74, 6) is -0.248. The van der Waals surface area contributed by atoms with Crippen LogP contribution >= 0.6 is 23.2 Å². The fourth-order valence-corrected chi connectivity index (χ4v) is 4.80. The van der Waals surface area contributed by atoms with Crippen molar-refractivity contribution < 1.29 is 13.2 Å². The van der Waals surface area contributed by atoms with Crippen LogP contribution in [-0.4, -0.2) is 51.0 Å². The number of aliphatic imine (C=N–C) groups is 2. The van der Waals surface area contributed by atoms with Crippen molar-refractivity contribution in [3.8, 4) is 0 Å². The summed E-state index contributed by atoms with van der Waals surface area (Å²) >= 11 is 13.3. The van der Waals surface area contributed by atoms with Crippen LogP contribution in [0.4, 0.5) is 0 Å². The lowest BCUT2D eigenvalue weighted by atomic mass is 9.96. The molecule has 1 aromatic carbocycles. The fraction of sp³-hybridized carbons (Fsp3) is 0.240. The molecular formula is C25H25Cl2N3O3S. The molecule has 2 aliphatic rings. The number of nitrogens with zero attached hydrogens (tertiary/aromatic N) is 3. The predicted molar refractivity (Wildman–Crippen MR) is 141 cm³/mol. The number of allylic oxidation sites excluding steroid dienone is 7. The van der Waals surface area contributed by atoms with Crippen LogP contribution in [0.3, 0.4) is 0 Å². The van der Waals surface area contributed by atoms with Gasteiger partial charge in [0.05, 0.1) is 28.5 Å². The number of sulfone groups is 1. The van der Waals surface area contributed by atoms with Crippen LogP contribution in [0.2, 0.25) is 0 Å². The fourth-order valence-electron chi connectivity index (χ4n) is 3.54. The molecule has 0 atom stereocenters. The van der Waals surface area contributed by atoms with Crippen molar-refractivity contribution >= 4 is 55.4 Å². The number of hydrogen-bond acceptors (Lipinski definition) is 5. The molecule has 1 aliphatic carbocycles. The van der Waals surface area contributed by atoms with Crippen molar-refractivity contribution in [1.82, 2.24) is 4.90 Å². The molecule has 0 bridgehead atoms. The first kappa shape index (κ1) is 25.9. The molecule has 9 heteroatoms. The highest BCUT2D eigenvalue weighted by Crippen LogP contribution is 2.36. The summed E-state index contributed by atoms with van der Waals surface area (Å²) in [6.45, 7) is 4.19. The maximum Gasteiger partial charge on any atom is 0.208 e. The van der Waals surface area contributed by atoms with E-state index in [1.807, 2.05) is 6.07 Å². The number of hydrogen-bond donors (Lipinski definition) is 0. The molecule has 0 radical (unpaired) electrons. The van der Waals surface area contributed by atoms with Gasteiger partial charge in [-0.1, -0.05) is 59.6 Å². The Kier molecular flexibility index (Phi) is 8.13. The SMILES string of the molecule is C=C(C(=O)c1ccc2c(c1)C(Cl)=C(CC1=CC=C(S(C)(=O)=O)C=CC1)C(Cl)=NC2)N(C)C=NC. The summed E-state index contributed by atoms with van der Waals surface area (Å²) in [5.41, 5.74) is 3.79. The van der Waals surface area contributed by atoms with E-state index in [1.54, 1.807) is 55.4 Å². The largest absolute Gasteiger partial charge is 0.333 e. The van der Waals surface area contributed by atoms with Crippen molar-refractivity contribution in [2.45, 2.75) is 19.4 Å². The van der Waals surface area contributed by atoms with E-state index < -0.39 is 9.84 Å². The number of carbonyl (C=O) groups excluding carboxylic acids is 1. The van der Waals surface area contributed by atoms with E-state index in [0.29, 0.717) is 46.3 Å². The Morgan fingerprint density at radius 3 is 2.71 bits per heavy atom. The van der Waals surface area contributed by atoms with Crippen molar-refractivity contribution in [1.29, 1.82) is 0 Å². The predicted octanol–water partition coefficient (Wildman–Crippen LogP) is 5.28. The van der Waals surface area contributed by atoms with Gasteiger partial charge in [-0.05, 0) is 42.2 Å². The number of ketones is 1. The monoisotopic (exact) mass is 517 g/mol. The second kappa shape index (κ2) is 10.7. The lowest BCUT2D eigenvalue weighted by Crippen LogP contribution is -2.21. The third kappa shape index (κ3) is 5.84. The Balaban J connectivity index is 1.99. The zero-order valence-electron chi connectivity index (χ0n) is 19.2. The summed E-state index contributed by atoms with van der Waals surface area (Å²) in [6, 6.07) is 5.27. The zero-order valence-corrected chi connectivity index (χ0v) is 21.5. The third-order valence-corrected chi connectivity index (χ3v) is 7.37. The molecule has 0 amide bonds. The lowest BCUT2D eigenvalue weighted by Gasteiger charge is -2.16. The summed E-state index contributed by atoms with van der Waals surface area (Å²) < 4.78 is 23.7. The molecule has 1 heterocycles. The minimum absolute atomic E-state index is 0.245. The van der Waals surface area contributed by atoms with E-state index in [0.717, 1.165) is 11.1 Å². The Labute approximate surface area is 210 Å². The molecule has 0 fully saturated rings. The minimum atomic E-state index is -3.31. The molecule has 0 spiro atoms. The van der Waals surface area contributed by atoms with Gasteiger partial charge in [-0.25, -0.2) is 8.42 Å². The number of rotatable bonds is 7. The van der Waals surface area contributed by atoms with Crippen molar-refractivity contribution in [2.75, 3.05) is 20.4 Å². The van der Waals surface area contributed by atoms with Crippen LogP contribution < -0.4 is 0 Å². The van der Waals surface area contributed by atoms with Gasteiger partial charge in [-0.3, -0.25) is 14.8 Å². The molecule has 1 aliphatic heterocycles. The van der Waals surface area contributed by atoms with Gasteiger partial charge in [-0.15, -0.1) is 0 Å². The van der Waals surface area contributed by atoms with E-state index >= 15 is 0 Å². The second-order valence-electron chi connectivity index (χ2n) is 7.98. The molecule has 178 valence electrons. The molecule has 34 heavy (non-hydrogen) atoms. The first-order valence-corrected chi connectivity index (χ1v) is 13.0. The molecule has 0 saturated heterocycles. The highest BCUT2D eigenvalue weighted by Gasteiger charge is 2.22. The molecule has 6 nitrogen and oxygen atoms in total. The number of carbonyl (C=O) groups is 1. The van der Waals surface area contributed by atoms with Crippen LogP contribution in [-0.2, 0) is 16.4 Å². The Hall–Kier alpha value is -2.74. The van der Waals surface area contributed by atoms with E-state index in [9.17, 15) is 13.2 Å². The average Bonchev–Trinajstić information content (AvgIpc) is 3.10. The number of halogens is 2. The van der Waals surface area contributed by atoms with Crippen molar-refractivity contribution in [3.05, 3.63) is 87.5 Å². The van der Waals surface area contributed by atoms with Gasteiger partial charge >= 0.3 is 0 Å². The highest BCUT2D eigenvalue weighted by molar-refractivity contribution is 7.94. The lowest BCUT2D eigenvalue weighted by molar-refractivity contribution is 0.101. The zero-order chi connectivity index (χ0) is 25.0. The van der Waals surface area contributed by atoms with Gasteiger partial charge in [0, 0.05) is 31.5 Å². The first-order chi connectivity index (χ1) is 16.0. The van der Waals surface area contributed by atoms with Crippen LogP contribution in [0.15, 0.2) is 80.8 Å². The summed E-state index contributed by atoms with van der Waals surface area (Å²) in [7, 11) is 0.00529. The molecule has 0 aromatic heterocycles. The third-order valence-electron chi connectivity index (χ3n) is 5.46. The standard InChI is InChI=1S/C25H25Cl2N3O3S/c1-16(30(3)15-28-2)24(31)18-9-10-19-14-29-25(27)22(23(26)21(19)13-18)12-17-6-5-7-20(11-8-17)34(4,32)33/h5,7-11,13,15H,1,6,12,14H2,2-4H3. The Morgan fingerprint density at radius 2 is 2.03 bits per heavy atom. The molecule has 0 saturated carbocycles. The smallest absolute Gasteiger partial charge is 0.208 e. The number of likely N-dealkylation sites (N-methyl/N-ethyl adjacent to an activating group) is 1. The maximum absolute atomic E-state index is 13.0. The van der Waals surface area contributed by atoms with Gasteiger partial charge < -0.3 is 4.90 Å². The van der Waals surface area contributed by atoms with Crippen LogP contribution in [0, 0.1) is 0 Å². The number of benzene rings is 1. The molecule has 3 rings (SSSR count). The maximum atomic E-state index is 13.0. The number of fused-ring (bicyclic) bond motifs is 1. The quantitative estimate of drug-likeness (QED) is 0.213. The summed E-state index contributed by atoms with van der Waals surface area (Å²) in [6.07, 6.45) is 10.4. The van der Waals surface area contributed by atoms with Crippen molar-refractivity contribution in [2.24, 2.45) is 9.98 Å². The normalized spacial score (nSPS) is 16.3. The van der Waals surface area contributed by atoms with Gasteiger partial charge in [0.15, 0.2) is 9.84 Å². The minimum Gasteiger partial charge on any atom is -0.333 e. The van der Waals surface area contributed by atoms with Gasteiger partial charge in [0.2, 0.25) is 5.78 Å². The summed E-state index contributed by atoms with van der Waals surface area (Å²) in [4.78, 5) is 23.1. The first-order valence-electron chi connectivity index (χ1n) is 10.4. The van der Waals surface area contributed by atoms with E-state index in [-0.39, 0.29) is 16.4 Å². The topological polar surface area (TPSA) is 79.2 Å². The van der Waals surface area contributed by atoms with E-state index in [1.165, 1.54) is 12.6 Å². The van der Waals surface area contributed by atoms with Gasteiger partial charge in [0.25, 0.3) is 0 Å². The molecule has 0 N–H and O–H groups in total.